The second-order valence-electron chi connectivity index (χ2n) is 5.04. The molecule has 94 valence electrons. The minimum Gasteiger partial charge on any atom is -0.491 e. The van der Waals surface area contributed by atoms with Gasteiger partial charge >= 0.3 is 0 Å². The SMILES string of the molecule is Cc1ccc(OC[C@]2(O)CCCNC2)cc1C. The first-order chi connectivity index (χ1) is 8.09. The summed E-state index contributed by atoms with van der Waals surface area (Å²) in [5, 5.41) is 13.5. The molecule has 1 fully saturated rings. The fourth-order valence-corrected chi connectivity index (χ4v) is 2.10. The zero-order valence-electron chi connectivity index (χ0n) is 10.6. The van der Waals surface area contributed by atoms with E-state index < -0.39 is 5.60 Å². The van der Waals surface area contributed by atoms with E-state index in [9.17, 15) is 5.11 Å². The van der Waals surface area contributed by atoms with Gasteiger partial charge in [0.25, 0.3) is 0 Å². The van der Waals surface area contributed by atoms with E-state index in [0.717, 1.165) is 25.1 Å². The van der Waals surface area contributed by atoms with E-state index in [1.165, 1.54) is 11.1 Å². The van der Waals surface area contributed by atoms with Gasteiger partial charge in [0.2, 0.25) is 0 Å². The highest BCUT2D eigenvalue weighted by molar-refractivity contribution is 5.33. The molecule has 3 heteroatoms. The van der Waals surface area contributed by atoms with E-state index in [0.29, 0.717) is 13.2 Å². The highest BCUT2D eigenvalue weighted by Gasteiger charge is 2.29. The van der Waals surface area contributed by atoms with Crippen LogP contribution in [-0.2, 0) is 0 Å². The molecule has 3 nitrogen and oxygen atoms in total. The quantitative estimate of drug-likeness (QED) is 0.839. The Morgan fingerprint density at radius 3 is 2.82 bits per heavy atom. The van der Waals surface area contributed by atoms with Crippen LogP contribution in [-0.4, -0.2) is 30.4 Å². The predicted octanol–water partition coefficient (Wildman–Crippen LogP) is 1.80. The molecule has 0 amide bonds. The average molecular weight is 235 g/mol. The van der Waals surface area contributed by atoms with E-state index in [1.807, 2.05) is 18.2 Å². The summed E-state index contributed by atoms with van der Waals surface area (Å²) in [5.41, 5.74) is 1.77. The lowest BCUT2D eigenvalue weighted by molar-refractivity contribution is -0.0230. The minimum absolute atomic E-state index is 0.364. The second kappa shape index (κ2) is 5.07. The maximum atomic E-state index is 10.3. The van der Waals surface area contributed by atoms with Crippen LogP contribution in [0.4, 0.5) is 0 Å². The van der Waals surface area contributed by atoms with Crippen molar-refractivity contribution in [2.75, 3.05) is 19.7 Å². The summed E-state index contributed by atoms with van der Waals surface area (Å²) < 4.78 is 5.69. The van der Waals surface area contributed by atoms with Crippen LogP contribution in [0.3, 0.4) is 0 Å². The van der Waals surface area contributed by atoms with Gasteiger partial charge in [0, 0.05) is 6.54 Å². The molecule has 1 aromatic rings. The molecular weight excluding hydrogens is 214 g/mol. The summed E-state index contributed by atoms with van der Waals surface area (Å²) in [6, 6.07) is 6.03. The smallest absolute Gasteiger partial charge is 0.119 e. The molecule has 17 heavy (non-hydrogen) atoms. The molecule has 2 N–H and O–H groups in total. The third kappa shape index (κ3) is 3.20. The van der Waals surface area contributed by atoms with Crippen LogP contribution in [0.2, 0.25) is 0 Å². The van der Waals surface area contributed by atoms with Gasteiger partial charge in [0.15, 0.2) is 0 Å². The molecule has 1 aliphatic heterocycles. The van der Waals surface area contributed by atoms with Gasteiger partial charge in [-0.25, -0.2) is 0 Å². The van der Waals surface area contributed by atoms with Crippen LogP contribution in [0, 0.1) is 13.8 Å². The van der Waals surface area contributed by atoms with Crippen LogP contribution in [0.25, 0.3) is 0 Å². The van der Waals surface area contributed by atoms with Gasteiger partial charge in [0.1, 0.15) is 18.0 Å². The fourth-order valence-electron chi connectivity index (χ4n) is 2.10. The van der Waals surface area contributed by atoms with E-state index in [1.54, 1.807) is 0 Å². The maximum Gasteiger partial charge on any atom is 0.119 e. The number of piperidine rings is 1. The third-order valence-corrected chi connectivity index (χ3v) is 3.44. The van der Waals surface area contributed by atoms with Gasteiger partial charge in [-0.15, -0.1) is 0 Å². The summed E-state index contributed by atoms with van der Waals surface area (Å²) in [7, 11) is 0. The highest BCUT2D eigenvalue weighted by Crippen LogP contribution is 2.20. The lowest BCUT2D eigenvalue weighted by Crippen LogP contribution is -2.49. The number of β-amino-alcohol motifs (C(OH)–C–C–N with tert-alkyl or cyclic N) is 1. The van der Waals surface area contributed by atoms with Crippen molar-refractivity contribution in [3.05, 3.63) is 29.3 Å². The Hall–Kier alpha value is -1.06. The molecule has 1 heterocycles. The van der Waals surface area contributed by atoms with Gasteiger partial charge in [-0.2, -0.15) is 0 Å². The number of ether oxygens (including phenoxy) is 1. The number of aliphatic hydroxyl groups is 1. The first-order valence-corrected chi connectivity index (χ1v) is 6.22. The molecule has 1 atom stereocenters. The fraction of sp³-hybridized carbons (Fsp3) is 0.571. The van der Waals surface area contributed by atoms with Crippen molar-refractivity contribution < 1.29 is 9.84 Å². The molecule has 1 aliphatic rings. The predicted molar refractivity (Wildman–Crippen MR) is 68.5 cm³/mol. The summed E-state index contributed by atoms with van der Waals surface area (Å²) in [6.45, 7) is 6.13. The summed E-state index contributed by atoms with van der Waals surface area (Å²) in [4.78, 5) is 0. The lowest BCUT2D eigenvalue weighted by Gasteiger charge is -2.32. The van der Waals surface area contributed by atoms with Crippen LogP contribution >= 0.6 is 0 Å². The number of hydrogen-bond donors (Lipinski definition) is 2. The number of aryl methyl sites for hydroxylation is 2. The molecule has 0 saturated carbocycles. The Morgan fingerprint density at radius 2 is 2.18 bits per heavy atom. The van der Waals surface area contributed by atoms with Gasteiger partial charge in [-0.05, 0) is 56.5 Å². The highest BCUT2D eigenvalue weighted by atomic mass is 16.5. The summed E-state index contributed by atoms with van der Waals surface area (Å²) in [6.07, 6.45) is 1.82. The normalized spacial score (nSPS) is 24.6. The number of nitrogens with one attached hydrogen (secondary N) is 1. The van der Waals surface area contributed by atoms with Crippen molar-refractivity contribution in [1.29, 1.82) is 0 Å². The zero-order chi connectivity index (χ0) is 12.3. The molecule has 0 spiro atoms. The Balaban J connectivity index is 1.94. The first kappa shape index (κ1) is 12.4. The van der Waals surface area contributed by atoms with E-state index in [2.05, 4.69) is 19.2 Å². The molecule has 0 aliphatic carbocycles. The van der Waals surface area contributed by atoms with E-state index >= 15 is 0 Å². The van der Waals surface area contributed by atoms with Crippen molar-refractivity contribution in [2.45, 2.75) is 32.3 Å². The van der Waals surface area contributed by atoms with E-state index in [4.69, 9.17) is 4.74 Å². The second-order valence-corrected chi connectivity index (χ2v) is 5.04. The van der Waals surface area contributed by atoms with Gasteiger partial charge in [-0.1, -0.05) is 6.07 Å². The third-order valence-electron chi connectivity index (χ3n) is 3.44. The molecule has 0 radical (unpaired) electrons. The molecule has 0 unspecified atom stereocenters. The molecule has 2 rings (SSSR count). The topological polar surface area (TPSA) is 41.5 Å². The summed E-state index contributed by atoms with van der Waals surface area (Å²) >= 11 is 0. The van der Waals surface area contributed by atoms with Gasteiger partial charge in [-0.3, -0.25) is 0 Å². The molecular formula is C14H21NO2. The Kier molecular flexibility index (Phi) is 3.69. The zero-order valence-corrected chi connectivity index (χ0v) is 10.6. The Morgan fingerprint density at radius 1 is 1.35 bits per heavy atom. The number of benzene rings is 1. The average Bonchev–Trinajstić information content (AvgIpc) is 2.32. The van der Waals surface area contributed by atoms with Crippen molar-refractivity contribution in [1.82, 2.24) is 5.32 Å². The van der Waals surface area contributed by atoms with Crippen LogP contribution in [0.15, 0.2) is 18.2 Å². The van der Waals surface area contributed by atoms with Crippen LogP contribution in [0.5, 0.6) is 5.75 Å². The van der Waals surface area contributed by atoms with Gasteiger partial charge in [0.05, 0.1) is 0 Å². The molecule has 1 saturated heterocycles. The van der Waals surface area contributed by atoms with Crippen molar-refractivity contribution in [3.63, 3.8) is 0 Å². The number of rotatable bonds is 3. The van der Waals surface area contributed by atoms with Crippen molar-refractivity contribution in [3.8, 4) is 5.75 Å². The molecule has 0 aromatic heterocycles. The molecule has 0 bridgehead atoms. The van der Waals surface area contributed by atoms with Crippen LogP contribution < -0.4 is 10.1 Å². The van der Waals surface area contributed by atoms with Crippen LogP contribution in [0.1, 0.15) is 24.0 Å². The Labute approximate surface area is 103 Å². The largest absolute Gasteiger partial charge is 0.491 e. The monoisotopic (exact) mass is 235 g/mol. The lowest BCUT2D eigenvalue weighted by atomic mass is 9.95. The van der Waals surface area contributed by atoms with E-state index in [-0.39, 0.29) is 0 Å². The van der Waals surface area contributed by atoms with Crippen molar-refractivity contribution >= 4 is 0 Å². The molecule has 1 aromatic carbocycles. The first-order valence-electron chi connectivity index (χ1n) is 6.22. The van der Waals surface area contributed by atoms with Crippen molar-refractivity contribution in [2.24, 2.45) is 0 Å². The Bertz CT molecular complexity index is 384. The summed E-state index contributed by atoms with van der Waals surface area (Å²) in [5.74, 6) is 0.840. The van der Waals surface area contributed by atoms with Gasteiger partial charge < -0.3 is 15.2 Å². The standard InChI is InChI=1S/C14H21NO2/c1-11-4-5-13(8-12(11)2)17-10-14(16)6-3-7-15-9-14/h4-5,8,15-16H,3,6-7,9-10H2,1-2H3/t14-/m0/s1. The number of hydrogen-bond acceptors (Lipinski definition) is 3. The maximum absolute atomic E-state index is 10.3. The minimum atomic E-state index is -0.711.